The predicted octanol–water partition coefficient (Wildman–Crippen LogP) is 0.207. The van der Waals surface area contributed by atoms with Crippen LogP contribution in [-0.2, 0) is 4.79 Å². The van der Waals surface area contributed by atoms with Gasteiger partial charge in [-0.05, 0) is 19.4 Å². The largest absolute Gasteiger partial charge is 0.339 e. The van der Waals surface area contributed by atoms with Gasteiger partial charge in [0, 0.05) is 25.7 Å². The van der Waals surface area contributed by atoms with Crippen LogP contribution in [0.3, 0.4) is 0 Å². The van der Waals surface area contributed by atoms with Crippen molar-refractivity contribution in [3.63, 3.8) is 0 Å². The molecule has 2 heterocycles. The summed E-state index contributed by atoms with van der Waals surface area (Å²) in [6.45, 7) is 3.81. The number of rotatable bonds is 1. The van der Waals surface area contributed by atoms with Crippen LogP contribution in [0.25, 0.3) is 0 Å². The van der Waals surface area contributed by atoms with E-state index in [4.69, 9.17) is 5.26 Å². The lowest BCUT2D eigenvalue weighted by Crippen LogP contribution is -2.51. The second-order valence-corrected chi connectivity index (χ2v) is 4.01. The van der Waals surface area contributed by atoms with Crippen molar-refractivity contribution in [1.82, 2.24) is 9.80 Å². The van der Waals surface area contributed by atoms with E-state index >= 15 is 0 Å². The van der Waals surface area contributed by atoms with Crippen LogP contribution in [0.1, 0.15) is 19.3 Å². The topological polar surface area (TPSA) is 47.3 Å². The van der Waals surface area contributed by atoms with Crippen molar-refractivity contribution in [1.29, 1.82) is 5.26 Å². The number of carbonyl (C=O) groups excluding carboxylic acids is 1. The zero-order chi connectivity index (χ0) is 9.97. The lowest BCUT2D eigenvalue weighted by Gasteiger charge is -2.37. The predicted molar refractivity (Wildman–Crippen MR) is 51.4 cm³/mol. The van der Waals surface area contributed by atoms with E-state index in [0.717, 1.165) is 19.6 Å². The zero-order valence-corrected chi connectivity index (χ0v) is 8.28. The number of piperazine rings is 1. The van der Waals surface area contributed by atoms with Gasteiger partial charge < -0.3 is 4.90 Å². The van der Waals surface area contributed by atoms with Crippen LogP contribution in [0.15, 0.2) is 0 Å². The molecule has 2 aliphatic heterocycles. The SMILES string of the molecule is N#CCC(=O)N1CCN2CCCC2C1. The van der Waals surface area contributed by atoms with Gasteiger partial charge in [-0.3, -0.25) is 9.69 Å². The molecular formula is C10H15N3O. The third-order valence-electron chi connectivity index (χ3n) is 3.17. The van der Waals surface area contributed by atoms with Crippen molar-refractivity contribution in [2.75, 3.05) is 26.2 Å². The van der Waals surface area contributed by atoms with E-state index < -0.39 is 0 Å². The summed E-state index contributed by atoms with van der Waals surface area (Å²) in [4.78, 5) is 15.8. The summed E-state index contributed by atoms with van der Waals surface area (Å²) in [6, 6.07) is 2.48. The molecule has 0 aromatic rings. The van der Waals surface area contributed by atoms with Crippen molar-refractivity contribution in [2.45, 2.75) is 25.3 Å². The van der Waals surface area contributed by atoms with E-state index in [2.05, 4.69) is 4.90 Å². The Morgan fingerprint density at radius 1 is 1.43 bits per heavy atom. The van der Waals surface area contributed by atoms with Crippen LogP contribution in [-0.4, -0.2) is 47.9 Å². The lowest BCUT2D eigenvalue weighted by atomic mass is 10.1. The summed E-state index contributed by atoms with van der Waals surface area (Å²) in [5.74, 6) is -0.000880. The number of amides is 1. The minimum atomic E-state index is -0.000880. The number of carbonyl (C=O) groups is 1. The van der Waals surface area contributed by atoms with Crippen molar-refractivity contribution < 1.29 is 4.79 Å². The number of nitrogens with zero attached hydrogens (tertiary/aromatic N) is 3. The molecular weight excluding hydrogens is 178 g/mol. The summed E-state index contributed by atoms with van der Waals surface area (Å²) < 4.78 is 0. The molecule has 4 heteroatoms. The van der Waals surface area contributed by atoms with E-state index in [0.29, 0.717) is 6.04 Å². The third kappa shape index (κ3) is 1.73. The number of fused-ring (bicyclic) bond motifs is 1. The van der Waals surface area contributed by atoms with E-state index in [1.54, 1.807) is 0 Å². The van der Waals surface area contributed by atoms with E-state index in [1.807, 2.05) is 11.0 Å². The van der Waals surface area contributed by atoms with Crippen LogP contribution in [0, 0.1) is 11.3 Å². The molecule has 1 amide bonds. The molecule has 0 saturated carbocycles. The Bertz CT molecular complexity index is 271. The zero-order valence-electron chi connectivity index (χ0n) is 8.28. The molecule has 0 spiro atoms. The Balaban J connectivity index is 1.91. The summed E-state index contributed by atoms with van der Waals surface area (Å²) in [7, 11) is 0. The Morgan fingerprint density at radius 3 is 3.07 bits per heavy atom. The summed E-state index contributed by atoms with van der Waals surface area (Å²) >= 11 is 0. The Hall–Kier alpha value is -1.08. The van der Waals surface area contributed by atoms with Crippen LogP contribution in [0.5, 0.6) is 0 Å². The number of nitriles is 1. The van der Waals surface area contributed by atoms with Crippen molar-refractivity contribution in [3.05, 3.63) is 0 Å². The molecule has 0 aromatic carbocycles. The highest BCUT2D eigenvalue weighted by molar-refractivity contribution is 5.78. The summed E-state index contributed by atoms with van der Waals surface area (Å²) in [6.07, 6.45) is 2.49. The van der Waals surface area contributed by atoms with E-state index in [9.17, 15) is 4.79 Å². The van der Waals surface area contributed by atoms with Crippen LogP contribution >= 0.6 is 0 Å². The van der Waals surface area contributed by atoms with Crippen LogP contribution < -0.4 is 0 Å². The Labute approximate surface area is 84.1 Å². The molecule has 0 aromatic heterocycles. The minimum absolute atomic E-state index is 0.000880. The van der Waals surface area contributed by atoms with Crippen LogP contribution in [0.2, 0.25) is 0 Å². The Kier molecular flexibility index (Phi) is 2.69. The summed E-state index contributed by atoms with van der Waals surface area (Å²) in [5.41, 5.74) is 0. The highest BCUT2D eigenvalue weighted by Crippen LogP contribution is 2.21. The molecule has 0 N–H and O–H groups in total. The minimum Gasteiger partial charge on any atom is -0.339 e. The van der Waals surface area contributed by atoms with E-state index in [1.165, 1.54) is 19.4 Å². The van der Waals surface area contributed by atoms with E-state index in [-0.39, 0.29) is 12.3 Å². The molecule has 14 heavy (non-hydrogen) atoms. The molecule has 1 atom stereocenters. The first kappa shape index (κ1) is 9.47. The molecule has 2 rings (SSSR count). The summed E-state index contributed by atoms with van der Waals surface area (Å²) in [5, 5.41) is 8.45. The highest BCUT2D eigenvalue weighted by atomic mass is 16.2. The molecule has 76 valence electrons. The lowest BCUT2D eigenvalue weighted by molar-refractivity contribution is -0.132. The van der Waals surface area contributed by atoms with Gasteiger partial charge in [0.15, 0.2) is 0 Å². The maximum absolute atomic E-state index is 11.5. The molecule has 0 radical (unpaired) electrons. The fraction of sp³-hybridized carbons (Fsp3) is 0.800. The average Bonchev–Trinajstić information content (AvgIpc) is 2.64. The molecule has 0 aliphatic carbocycles. The first-order valence-corrected chi connectivity index (χ1v) is 5.20. The fourth-order valence-electron chi connectivity index (χ4n) is 2.40. The Morgan fingerprint density at radius 2 is 2.29 bits per heavy atom. The molecule has 2 aliphatic rings. The highest BCUT2D eigenvalue weighted by Gasteiger charge is 2.31. The van der Waals surface area contributed by atoms with Gasteiger partial charge >= 0.3 is 0 Å². The first-order chi connectivity index (χ1) is 6.81. The number of hydrogen-bond acceptors (Lipinski definition) is 3. The van der Waals surface area contributed by atoms with Crippen LogP contribution in [0.4, 0.5) is 0 Å². The monoisotopic (exact) mass is 193 g/mol. The quantitative estimate of drug-likeness (QED) is 0.598. The second-order valence-electron chi connectivity index (χ2n) is 4.01. The van der Waals surface area contributed by atoms with Crippen molar-refractivity contribution in [2.24, 2.45) is 0 Å². The molecule has 1 unspecified atom stereocenters. The average molecular weight is 193 g/mol. The maximum Gasteiger partial charge on any atom is 0.236 e. The van der Waals surface area contributed by atoms with Gasteiger partial charge in [-0.1, -0.05) is 0 Å². The van der Waals surface area contributed by atoms with Gasteiger partial charge in [-0.2, -0.15) is 5.26 Å². The van der Waals surface area contributed by atoms with Crippen molar-refractivity contribution in [3.8, 4) is 6.07 Å². The molecule has 2 saturated heterocycles. The van der Waals surface area contributed by atoms with Crippen molar-refractivity contribution >= 4 is 5.91 Å². The van der Waals surface area contributed by atoms with Gasteiger partial charge in [-0.15, -0.1) is 0 Å². The third-order valence-corrected chi connectivity index (χ3v) is 3.17. The second kappa shape index (κ2) is 3.97. The normalized spacial score (nSPS) is 27.1. The number of hydrogen-bond donors (Lipinski definition) is 0. The van der Waals surface area contributed by atoms with Gasteiger partial charge in [0.05, 0.1) is 6.07 Å². The maximum atomic E-state index is 11.5. The molecule has 2 fully saturated rings. The van der Waals surface area contributed by atoms with Gasteiger partial charge in [-0.25, -0.2) is 0 Å². The molecule has 0 bridgehead atoms. The van der Waals surface area contributed by atoms with Gasteiger partial charge in [0.2, 0.25) is 5.91 Å². The standard InChI is InChI=1S/C10H15N3O/c11-4-3-10(14)13-7-6-12-5-1-2-9(12)8-13/h9H,1-3,5-8H2. The first-order valence-electron chi connectivity index (χ1n) is 5.20. The fourth-order valence-corrected chi connectivity index (χ4v) is 2.40. The smallest absolute Gasteiger partial charge is 0.236 e. The van der Waals surface area contributed by atoms with Gasteiger partial charge in [0.1, 0.15) is 6.42 Å². The van der Waals surface area contributed by atoms with Gasteiger partial charge in [0.25, 0.3) is 0 Å². The molecule has 4 nitrogen and oxygen atoms in total.